The van der Waals surface area contributed by atoms with Gasteiger partial charge in [-0.1, -0.05) is 13.8 Å². The number of nitrogens with one attached hydrogen (secondary N) is 1. The average molecular weight is 242 g/mol. The molecule has 4 heteroatoms. The largest absolute Gasteiger partial charge is 0.383 e. The fraction of sp³-hybridized carbons (Fsp3) is 0.750. The number of thiazole rings is 1. The molecule has 0 aromatic carbocycles. The van der Waals surface area contributed by atoms with Crippen LogP contribution in [0.25, 0.3) is 0 Å². The van der Waals surface area contributed by atoms with Crippen molar-refractivity contribution in [2.75, 3.05) is 13.7 Å². The zero-order valence-electron chi connectivity index (χ0n) is 10.8. The summed E-state index contributed by atoms with van der Waals surface area (Å²) >= 11 is 1.79. The van der Waals surface area contributed by atoms with E-state index in [1.807, 2.05) is 6.20 Å². The van der Waals surface area contributed by atoms with Crippen LogP contribution in [0.5, 0.6) is 0 Å². The summed E-state index contributed by atoms with van der Waals surface area (Å²) in [5, 5.41) is 4.60. The molecule has 0 bridgehead atoms. The molecule has 1 aromatic heterocycles. The van der Waals surface area contributed by atoms with E-state index in [2.05, 4.69) is 38.0 Å². The third-order valence-electron chi connectivity index (χ3n) is 2.36. The van der Waals surface area contributed by atoms with Crippen LogP contribution in [-0.4, -0.2) is 24.2 Å². The molecule has 0 saturated carbocycles. The SMILES string of the molecule is COCC(C)(C)NCc1ncc(C(C)C)s1. The van der Waals surface area contributed by atoms with Crippen LogP contribution < -0.4 is 5.32 Å². The fourth-order valence-corrected chi connectivity index (χ4v) is 2.26. The Bertz CT molecular complexity index is 321. The topological polar surface area (TPSA) is 34.1 Å². The molecule has 0 aliphatic rings. The maximum absolute atomic E-state index is 5.16. The summed E-state index contributed by atoms with van der Waals surface area (Å²) in [6.07, 6.45) is 1.98. The third kappa shape index (κ3) is 4.20. The van der Waals surface area contributed by atoms with Crippen molar-refractivity contribution in [2.24, 2.45) is 0 Å². The van der Waals surface area contributed by atoms with Crippen molar-refractivity contribution in [1.29, 1.82) is 0 Å². The number of nitrogens with zero attached hydrogens (tertiary/aromatic N) is 1. The average Bonchev–Trinajstić information content (AvgIpc) is 2.63. The molecule has 0 spiro atoms. The molecule has 16 heavy (non-hydrogen) atoms. The second kappa shape index (κ2) is 5.75. The van der Waals surface area contributed by atoms with E-state index < -0.39 is 0 Å². The first kappa shape index (κ1) is 13.6. The monoisotopic (exact) mass is 242 g/mol. The van der Waals surface area contributed by atoms with E-state index in [1.54, 1.807) is 18.4 Å². The van der Waals surface area contributed by atoms with Crippen molar-refractivity contribution in [1.82, 2.24) is 10.3 Å². The standard InChI is InChI=1S/C12H22N2OS/c1-9(2)10-6-13-11(16-10)7-14-12(3,4)8-15-5/h6,9,14H,7-8H2,1-5H3. The van der Waals surface area contributed by atoms with Gasteiger partial charge < -0.3 is 10.1 Å². The summed E-state index contributed by atoms with van der Waals surface area (Å²) in [7, 11) is 1.73. The highest BCUT2D eigenvalue weighted by molar-refractivity contribution is 7.11. The van der Waals surface area contributed by atoms with Crippen LogP contribution in [0.3, 0.4) is 0 Å². The van der Waals surface area contributed by atoms with Crippen LogP contribution in [0.4, 0.5) is 0 Å². The number of hydrogen-bond donors (Lipinski definition) is 1. The Hall–Kier alpha value is -0.450. The minimum Gasteiger partial charge on any atom is -0.383 e. The van der Waals surface area contributed by atoms with Crippen molar-refractivity contribution >= 4 is 11.3 Å². The minimum atomic E-state index is -0.00157. The van der Waals surface area contributed by atoms with Gasteiger partial charge in [0.15, 0.2) is 0 Å². The van der Waals surface area contributed by atoms with Gasteiger partial charge in [-0.3, -0.25) is 0 Å². The smallest absolute Gasteiger partial charge is 0.107 e. The first-order chi connectivity index (χ1) is 7.44. The molecule has 0 saturated heterocycles. The second-order valence-electron chi connectivity index (χ2n) is 4.98. The van der Waals surface area contributed by atoms with E-state index in [0.717, 1.165) is 11.6 Å². The van der Waals surface area contributed by atoms with Crippen molar-refractivity contribution in [3.8, 4) is 0 Å². The molecule has 0 amide bonds. The molecule has 0 radical (unpaired) electrons. The summed E-state index contributed by atoms with van der Waals surface area (Å²) in [5.74, 6) is 0.568. The van der Waals surface area contributed by atoms with Crippen LogP contribution in [-0.2, 0) is 11.3 Å². The molecule has 0 aliphatic heterocycles. The predicted molar refractivity (Wildman–Crippen MR) is 69.0 cm³/mol. The van der Waals surface area contributed by atoms with Gasteiger partial charge in [-0.15, -0.1) is 11.3 Å². The molecule has 1 N–H and O–H groups in total. The van der Waals surface area contributed by atoms with Crippen molar-refractivity contribution < 1.29 is 4.74 Å². The number of aromatic nitrogens is 1. The normalized spacial score (nSPS) is 12.4. The van der Waals surface area contributed by atoms with Crippen molar-refractivity contribution in [2.45, 2.75) is 45.7 Å². The lowest BCUT2D eigenvalue weighted by molar-refractivity contribution is 0.127. The zero-order chi connectivity index (χ0) is 12.2. The van der Waals surface area contributed by atoms with Gasteiger partial charge in [0.1, 0.15) is 5.01 Å². The Labute approximate surface area is 102 Å². The van der Waals surface area contributed by atoms with E-state index >= 15 is 0 Å². The molecule has 1 rings (SSSR count). The van der Waals surface area contributed by atoms with Gasteiger partial charge in [0.05, 0.1) is 6.61 Å². The Kier molecular flexibility index (Phi) is 4.89. The van der Waals surface area contributed by atoms with E-state index in [9.17, 15) is 0 Å². The first-order valence-electron chi connectivity index (χ1n) is 5.63. The quantitative estimate of drug-likeness (QED) is 0.833. The van der Waals surface area contributed by atoms with Crippen molar-refractivity contribution in [3.63, 3.8) is 0 Å². The van der Waals surface area contributed by atoms with Crippen LogP contribution in [0.2, 0.25) is 0 Å². The lowest BCUT2D eigenvalue weighted by Gasteiger charge is -2.24. The van der Waals surface area contributed by atoms with Gasteiger partial charge in [-0.25, -0.2) is 4.98 Å². The Balaban J connectivity index is 2.48. The van der Waals surface area contributed by atoms with E-state index in [0.29, 0.717) is 12.5 Å². The molecule has 92 valence electrons. The minimum absolute atomic E-state index is 0.00157. The van der Waals surface area contributed by atoms with Gasteiger partial charge in [-0.2, -0.15) is 0 Å². The predicted octanol–water partition coefficient (Wildman–Crippen LogP) is 2.78. The van der Waals surface area contributed by atoms with Crippen LogP contribution in [0.1, 0.15) is 43.5 Å². The second-order valence-corrected chi connectivity index (χ2v) is 6.13. The molecule has 3 nitrogen and oxygen atoms in total. The number of ether oxygens (including phenoxy) is 1. The molecular weight excluding hydrogens is 220 g/mol. The number of methoxy groups -OCH3 is 1. The molecular formula is C12H22N2OS. The van der Waals surface area contributed by atoms with Crippen LogP contribution in [0.15, 0.2) is 6.20 Å². The lowest BCUT2D eigenvalue weighted by Crippen LogP contribution is -2.42. The van der Waals surface area contributed by atoms with E-state index in [1.165, 1.54) is 4.88 Å². The maximum Gasteiger partial charge on any atom is 0.107 e. The molecule has 0 atom stereocenters. The summed E-state index contributed by atoms with van der Waals surface area (Å²) in [5.41, 5.74) is -0.00157. The van der Waals surface area contributed by atoms with E-state index in [4.69, 9.17) is 4.74 Å². The molecule has 0 unspecified atom stereocenters. The molecule has 1 aromatic rings. The summed E-state index contributed by atoms with van der Waals surface area (Å²) in [4.78, 5) is 5.76. The van der Waals surface area contributed by atoms with Crippen LogP contribution >= 0.6 is 11.3 Å². The summed E-state index contributed by atoms with van der Waals surface area (Å²) < 4.78 is 5.16. The van der Waals surface area contributed by atoms with E-state index in [-0.39, 0.29) is 5.54 Å². The van der Waals surface area contributed by atoms with Gasteiger partial charge in [-0.05, 0) is 19.8 Å². The Morgan fingerprint density at radius 2 is 2.19 bits per heavy atom. The highest BCUT2D eigenvalue weighted by atomic mass is 32.1. The molecule has 0 fully saturated rings. The summed E-state index contributed by atoms with van der Waals surface area (Å²) in [6.45, 7) is 10.2. The van der Waals surface area contributed by atoms with Gasteiger partial charge in [0, 0.05) is 30.3 Å². The Morgan fingerprint density at radius 3 is 2.69 bits per heavy atom. The zero-order valence-corrected chi connectivity index (χ0v) is 11.6. The van der Waals surface area contributed by atoms with Gasteiger partial charge in [0.25, 0.3) is 0 Å². The molecule has 0 aliphatic carbocycles. The van der Waals surface area contributed by atoms with Gasteiger partial charge in [0.2, 0.25) is 0 Å². The molecule has 1 heterocycles. The maximum atomic E-state index is 5.16. The van der Waals surface area contributed by atoms with Gasteiger partial charge >= 0.3 is 0 Å². The Morgan fingerprint density at radius 1 is 1.50 bits per heavy atom. The highest BCUT2D eigenvalue weighted by Crippen LogP contribution is 2.21. The van der Waals surface area contributed by atoms with Crippen molar-refractivity contribution in [3.05, 3.63) is 16.1 Å². The third-order valence-corrected chi connectivity index (χ3v) is 3.66. The van der Waals surface area contributed by atoms with Crippen LogP contribution in [0, 0.1) is 0 Å². The highest BCUT2D eigenvalue weighted by Gasteiger charge is 2.17. The fourth-order valence-electron chi connectivity index (χ4n) is 1.40. The number of hydrogen-bond acceptors (Lipinski definition) is 4. The summed E-state index contributed by atoms with van der Waals surface area (Å²) in [6, 6.07) is 0. The first-order valence-corrected chi connectivity index (χ1v) is 6.45. The number of rotatable bonds is 6. The lowest BCUT2D eigenvalue weighted by atomic mass is 10.1.